The quantitative estimate of drug-likeness (QED) is 0.583. The number of hydrogen-bond acceptors (Lipinski definition) is 1. The Bertz CT molecular complexity index is 390. The molecule has 0 radical (unpaired) electrons. The van der Waals surface area contributed by atoms with Crippen LogP contribution in [0.1, 0.15) is 46.5 Å². The number of aliphatic carboxylic acids is 1. The molecule has 0 bridgehead atoms. The van der Waals surface area contributed by atoms with Crippen molar-refractivity contribution in [3.05, 3.63) is 22.8 Å². The summed E-state index contributed by atoms with van der Waals surface area (Å²) in [4.78, 5) is 10.9. The Morgan fingerprint density at radius 1 is 1.35 bits per heavy atom. The lowest BCUT2D eigenvalue weighted by atomic mass is 9.71. The Morgan fingerprint density at radius 2 is 2.06 bits per heavy atom. The highest BCUT2D eigenvalue weighted by atomic mass is 16.4. The first-order chi connectivity index (χ1) is 8.00. The van der Waals surface area contributed by atoms with Crippen molar-refractivity contribution in [2.24, 2.45) is 17.8 Å². The molecule has 0 spiro atoms. The molecule has 1 saturated carbocycles. The van der Waals surface area contributed by atoms with Crippen LogP contribution in [0.3, 0.4) is 0 Å². The van der Waals surface area contributed by atoms with E-state index in [1.54, 1.807) is 12.5 Å². The van der Waals surface area contributed by atoms with Crippen LogP contribution in [0, 0.1) is 17.8 Å². The van der Waals surface area contributed by atoms with E-state index in [2.05, 4.69) is 13.8 Å². The Morgan fingerprint density at radius 3 is 2.71 bits per heavy atom. The lowest BCUT2D eigenvalue weighted by Gasteiger charge is -2.34. The third-order valence-corrected chi connectivity index (χ3v) is 4.53. The highest BCUT2D eigenvalue weighted by molar-refractivity contribution is 5.85. The molecule has 2 unspecified atom stereocenters. The van der Waals surface area contributed by atoms with E-state index in [1.807, 2.05) is 6.08 Å². The summed E-state index contributed by atoms with van der Waals surface area (Å²) in [5.41, 5.74) is 3.57. The largest absolute Gasteiger partial charge is 0.478 e. The van der Waals surface area contributed by atoms with Crippen LogP contribution < -0.4 is 0 Å². The van der Waals surface area contributed by atoms with Gasteiger partial charge in [-0.2, -0.15) is 0 Å². The minimum absolute atomic E-state index is 0.384. The topological polar surface area (TPSA) is 37.3 Å². The maximum Gasteiger partial charge on any atom is 0.330 e. The summed E-state index contributed by atoms with van der Waals surface area (Å²) in [7, 11) is 0. The van der Waals surface area contributed by atoms with E-state index in [4.69, 9.17) is 5.11 Å². The van der Waals surface area contributed by atoms with Gasteiger partial charge in [-0.25, -0.2) is 4.79 Å². The average Bonchev–Trinajstić information content (AvgIpc) is 2.66. The lowest BCUT2D eigenvalue weighted by Crippen LogP contribution is -2.23. The smallest absolute Gasteiger partial charge is 0.330 e. The van der Waals surface area contributed by atoms with Crippen molar-refractivity contribution >= 4 is 5.97 Å². The summed E-state index contributed by atoms with van der Waals surface area (Å²) in [6.45, 7) is 6.28. The summed E-state index contributed by atoms with van der Waals surface area (Å²) >= 11 is 0. The van der Waals surface area contributed by atoms with Gasteiger partial charge in [-0.1, -0.05) is 24.1 Å². The summed E-state index contributed by atoms with van der Waals surface area (Å²) < 4.78 is 0. The van der Waals surface area contributed by atoms with Gasteiger partial charge in [0, 0.05) is 5.57 Å². The third kappa shape index (κ3) is 2.31. The van der Waals surface area contributed by atoms with Crippen LogP contribution in [0.15, 0.2) is 22.8 Å². The first-order valence-corrected chi connectivity index (χ1v) is 6.62. The van der Waals surface area contributed by atoms with Gasteiger partial charge in [0.25, 0.3) is 0 Å². The van der Waals surface area contributed by atoms with Gasteiger partial charge in [-0.15, -0.1) is 0 Å². The van der Waals surface area contributed by atoms with Crippen LogP contribution in [0.2, 0.25) is 0 Å². The normalized spacial score (nSPS) is 33.8. The van der Waals surface area contributed by atoms with Crippen LogP contribution in [0.5, 0.6) is 0 Å². The molecule has 0 aromatic carbocycles. The Kier molecular flexibility index (Phi) is 3.41. The Hall–Kier alpha value is -1.05. The van der Waals surface area contributed by atoms with Crippen molar-refractivity contribution < 1.29 is 9.90 Å². The van der Waals surface area contributed by atoms with E-state index in [0.717, 1.165) is 12.3 Å². The fraction of sp³-hybridized carbons (Fsp3) is 0.667. The number of rotatable bonds is 2. The monoisotopic (exact) mass is 234 g/mol. The highest BCUT2D eigenvalue weighted by Crippen LogP contribution is 2.48. The fourth-order valence-electron chi connectivity index (χ4n) is 3.52. The first-order valence-electron chi connectivity index (χ1n) is 6.62. The van der Waals surface area contributed by atoms with Crippen LogP contribution in [0.25, 0.3) is 0 Å². The van der Waals surface area contributed by atoms with Crippen molar-refractivity contribution in [1.82, 2.24) is 0 Å². The molecule has 17 heavy (non-hydrogen) atoms. The molecule has 94 valence electrons. The molecule has 2 aliphatic rings. The summed E-state index contributed by atoms with van der Waals surface area (Å²) in [5.74, 6) is 1.09. The SMILES string of the molecule is CC(=C[C@@H]1CCC(C)C2CCC(C)=C21)C(=O)O. The molecular formula is C15H22O2. The summed E-state index contributed by atoms with van der Waals surface area (Å²) in [5, 5.41) is 8.99. The number of allylic oxidation sites excluding steroid dienone is 3. The van der Waals surface area contributed by atoms with Gasteiger partial charge < -0.3 is 5.11 Å². The molecule has 2 nitrogen and oxygen atoms in total. The van der Waals surface area contributed by atoms with Gasteiger partial charge in [-0.3, -0.25) is 0 Å². The molecule has 0 aromatic rings. The first kappa shape index (κ1) is 12.4. The van der Waals surface area contributed by atoms with Crippen molar-refractivity contribution in [3.8, 4) is 0 Å². The molecule has 0 amide bonds. The maximum atomic E-state index is 10.9. The second-order valence-corrected chi connectivity index (χ2v) is 5.70. The molecule has 2 rings (SSSR count). The van der Waals surface area contributed by atoms with Gasteiger partial charge in [0.15, 0.2) is 0 Å². The molecule has 3 atom stereocenters. The molecule has 0 saturated heterocycles. The van der Waals surface area contributed by atoms with Gasteiger partial charge in [-0.05, 0) is 57.3 Å². The average molecular weight is 234 g/mol. The molecule has 2 heteroatoms. The second-order valence-electron chi connectivity index (χ2n) is 5.70. The zero-order valence-electron chi connectivity index (χ0n) is 11.0. The van der Waals surface area contributed by atoms with Gasteiger partial charge >= 0.3 is 5.97 Å². The van der Waals surface area contributed by atoms with E-state index >= 15 is 0 Å². The highest BCUT2D eigenvalue weighted by Gasteiger charge is 2.35. The van der Waals surface area contributed by atoms with Crippen molar-refractivity contribution in [2.45, 2.75) is 46.5 Å². The summed E-state index contributed by atoms with van der Waals surface area (Å²) in [6, 6.07) is 0. The number of hydrogen-bond donors (Lipinski definition) is 1. The fourth-order valence-corrected chi connectivity index (χ4v) is 3.52. The van der Waals surface area contributed by atoms with E-state index in [9.17, 15) is 4.79 Å². The predicted molar refractivity (Wildman–Crippen MR) is 68.7 cm³/mol. The van der Waals surface area contributed by atoms with Gasteiger partial charge in [0.2, 0.25) is 0 Å². The van der Waals surface area contributed by atoms with E-state index in [0.29, 0.717) is 17.4 Å². The predicted octanol–water partition coefficient (Wildman–Crippen LogP) is 3.79. The van der Waals surface area contributed by atoms with Gasteiger partial charge in [0.1, 0.15) is 0 Å². The lowest BCUT2D eigenvalue weighted by molar-refractivity contribution is -0.132. The summed E-state index contributed by atoms with van der Waals surface area (Å²) in [6.07, 6.45) is 6.81. The molecule has 0 aliphatic heterocycles. The Labute approximate surface area is 103 Å². The zero-order valence-corrected chi connectivity index (χ0v) is 11.0. The zero-order chi connectivity index (χ0) is 12.6. The standard InChI is InChI=1S/C15H22O2/c1-9-4-6-12(8-11(3)15(16)17)14-10(2)5-7-13(9)14/h8-9,12-13H,4-7H2,1-3H3,(H,16,17)/t9?,12-,13?/m0/s1. The van der Waals surface area contributed by atoms with E-state index in [-0.39, 0.29) is 0 Å². The number of carboxylic acids is 1. The maximum absolute atomic E-state index is 10.9. The van der Waals surface area contributed by atoms with Crippen molar-refractivity contribution in [2.75, 3.05) is 0 Å². The van der Waals surface area contributed by atoms with Crippen LogP contribution in [-0.2, 0) is 4.79 Å². The van der Waals surface area contributed by atoms with Gasteiger partial charge in [0.05, 0.1) is 0 Å². The molecule has 0 aromatic heterocycles. The van der Waals surface area contributed by atoms with Crippen LogP contribution in [-0.4, -0.2) is 11.1 Å². The third-order valence-electron chi connectivity index (χ3n) is 4.53. The number of carboxylic acid groups (broad SMARTS) is 1. The number of fused-ring (bicyclic) bond motifs is 1. The molecular weight excluding hydrogens is 212 g/mol. The van der Waals surface area contributed by atoms with Crippen molar-refractivity contribution in [1.29, 1.82) is 0 Å². The molecule has 1 N–H and O–H groups in total. The van der Waals surface area contributed by atoms with E-state index < -0.39 is 5.97 Å². The molecule has 1 fully saturated rings. The van der Waals surface area contributed by atoms with Crippen molar-refractivity contribution in [3.63, 3.8) is 0 Å². The number of carbonyl (C=O) groups is 1. The molecule has 2 aliphatic carbocycles. The van der Waals surface area contributed by atoms with E-state index in [1.165, 1.54) is 24.8 Å². The van der Waals surface area contributed by atoms with Crippen LogP contribution in [0.4, 0.5) is 0 Å². The second kappa shape index (κ2) is 4.67. The molecule has 0 heterocycles. The van der Waals surface area contributed by atoms with Crippen LogP contribution >= 0.6 is 0 Å². The minimum Gasteiger partial charge on any atom is -0.478 e. The minimum atomic E-state index is -0.781. The Balaban J connectivity index is 2.27.